The van der Waals surface area contributed by atoms with Crippen LogP contribution < -0.4 is 10.4 Å². The van der Waals surface area contributed by atoms with Crippen LogP contribution in [0.25, 0.3) is 11.0 Å². The molecule has 0 aliphatic heterocycles. The minimum Gasteiger partial charge on any atom is -0.427 e. The Balaban J connectivity index is 1.85. The Morgan fingerprint density at radius 1 is 1.14 bits per heavy atom. The first-order chi connectivity index (χ1) is 10.6. The van der Waals surface area contributed by atoms with Crippen molar-refractivity contribution >= 4 is 28.9 Å². The molecule has 0 saturated heterocycles. The Morgan fingerprint density at radius 3 is 2.77 bits per heavy atom. The lowest BCUT2D eigenvalue weighted by molar-refractivity contribution is -0.131. The van der Waals surface area contributed by atoms with Gasteiger partial charge in [-0.25, -0.2) is 4.79 Å². The van der Waals surface area contributed by atoms with Crippen LogP contribution in [0.1, 0.15) is 12.5 Å². The lowest BCUT2D eigenvalue weighted by atomic mass is 10.2. The molecule has 0 aliphatic rings. The normalized spacial score (nSPS) is 11.1. The average molecular weight is 295 g/mol. The highest BCUT2D eigenvalue weighted by Gasteiger charge is 2.00. The molecule has 2 aromatic carbocycles. The first-order valence-corrected chi connectivity index (χ1v) is 6.65. The fourth-order valence-electron chi connectivity index (χ4n) is 2.07. The van der Waals surface area contributed by atoms with Crippen LogP contribution in [0.4, 0.5) is 5.69 Å². The van der Waals surface area contributed by atoms with E-state index in [-0.39, 0.29) is 11.7 Å². The summed E-state index contributed by atoms with van der Waals surface area (Å²) in [6, 6.07) is 12.4. The molecule has 3 aromatic rings. The third kappa shape index (κ3) is 3.12. The van der Waals surface area contributed by atoms with Crippen molar-refractivity contribution in [2.24, 2.45) is 4.99 Å². The number of nitrogens with one attached hydrogen (secondary N) is 2. The molecule has 6 heteroatoms. The number of hydrogen-bond donors (Lipinski definition) is 2. The van der Waals surface area contributed by atoms with Crippen LogP contribution in [0.3, 0.4) is 0 Å². The van der Waals surface area contributed by atoms with Crippen molar-refractivity contribution in [2.45, 2.75) is 6.92 Å². The number of fused-ring (bicyclic) bond motifs is 1. The number of ether oxygens (including phenoxy) is 1. The van der Waals surface area contributed by atoms with Crippen molar-refractivity contribution in [1.29, 1.82) is 0 Å². The molecule has 0 amide bonds. The van der Waals surface area contributed by atoms with Crippen molar-refractivity contribution in [3.05, 3.63) is 58.5 Å². The van der Waals surface area contributed by atoms with Gasteiger partial charge in [-0.15, -0.1) is 0 Å². The molecule has 0 saturated carbocycles. The molecule has 2 N–H and O–H groups in total. The summed E-state index contributed by atoms with van der Waals surface area (Å²) in [6.45, 7) is 1.35. The first-order valence-electron chi connectivity index (χ1n) is 6.65. The minimum atomic E-state index is -0.365. The van der Waals surface area contributed by atoms with Crippen LogP contribution >= 0.6 is 0 Å². The van der Waals surface area contributed by atoms with E-state index in [0.29, 0.717) is 17.0 Å². The molecule has 0 unspecified atom stereocenters. The SMILES string of the molecule is CC(=O)Oc1cccc(C=Nc2ccc3[nH]c(=O)[nH]c3c2)c1. The van der Waals surface area contributed by atoms with E-state index in [1.807, 2.05) is 6.07 Å². The Morgan fingerprint density at radius 2 is 1.95 bits per heavy atom. The van der Waals surface area contributed by atoms with Gasteiger partial charge in [0, 0.05) is 13.1 Å². The molecule has 0 aliphatic carbocycles. The summed E-state index contributed by atoms with van der Waals surface area (Å²) in [5.74, 6) is 0.109. The van der Waals surface area contributed by atoms with Crippen molar-refractivity contribution in [3.8, 4) is 5.75 Å². The number of rotatable bonds is 3. The van der Waals surface area contributed by atoms with Gasteiger partial charge in [0.2, 0.25) is 0 Å². The maximum Gasteiger partial charge on any atom is 0.323 e. The van der Waals surface area contributed by atoms with E-state index in [1.165, 1.54) is 6.92 Å². The van der Waals surface area contributed by atoms with Gasteiger partial charge in [0.15, 0.2) is 0 Å². The molecule has 0 atom stereocenters. The molecule has 6 nitrogen and oxygen atoms in total. The van der Waals surface area contributed by atoms with Gasteiger partial charge < -0.3 is 14.7 Å². The van der Waals surface area contributed by atoms with E-state index in [4.69, 9.17) is 4.74 Å². The standard InChI is InChI=1S/C16H13N3O3/c1-10(20)22-13-4-2-3-11(7-13)9-17-12-5-6-14-15(8-12)19-16(21)18-14/h2-9H,1H3,(H2,18,19,21). The fourth-order valence-corrected chi connectivity index (χ4v) is 2.07. The second-order valence-corrected chi connectivity index (χ2v) is 4.73. The first kappa shape index (κ1) is 13.8. The second-order valence-electron chi connectivity index (χ2n) is 4.73. The molecular formula is C16H13N3O3. The molecule has 0 bridgehead atoms. The number of aliphatic imine (C=N–C) groups is 1. The van der Waals surface area contributed by atoms with Gasteiger partial charge in [-0.05, 0) is 35.9 Å². The molecule has 110 valence electrons. The predicted octanol–water partition coefficient (Wildman–Crippen LogP) is 2.53. The van der Waals surface area contributed by atoms with Gasteiger partial charge >= 0.3 is 11.7 Å². The van der Waals surface area contributed by atoms with Crippen LogP contribution in [-0.2, 0) is 4.79 Å². The molecule has 0 spiro atoms. The number of esters is 1. The number of hydrogen-bond acceptors (Lipinski definition) is 4. The summed E-state index contributed by atoms with van der Waals surface area (Å²) >= 11 is 0. The zero-order chi connectivity index (χ0) is 15.5. The van der Waals surface area contributed by atoms with Gasteiger partial charge in [-0.2, -0.15) is 0 Å². The second kappa shape index (κ2) is 5.69. The molecule has 0 radical (unpaired) electrons. The highest BCUT2D eigenvalue weighted by molar-refractivity contribution is 5.85. The maximum atomic E-state index is 11.2. The van der Waals surface area contributed by atoms with Crippen molar-refractivity contribution in [1.82, 2.24) is 9.97 Å². The van der Waals surface area contributed by atoms with Crippen LogP contribution in [0.5, 0.6) is 5.75 Å². The Bertz CT molecular complexity index is 922. The highest BCUT2D eigenvalue weighted by Crippen LogP contribution is 2.18. The fraction of sp³-hybridized carbons (Fsp3) is 0.0625. The summed E-state index contributed by atoms with van der Waals surface area (Å²) in [5.41, 5.74) is 2.71. The van der Waals surface area contributed by atoms with Crippen LogP contribution in [0.15, 0.2) is 52.3 Å². The summed E-state index contributed by atoms with van der Waals surface area (Å²) in [6.07, 6.45) is 1.67. The molecule has 3 rings (SSSR count). The number of imidazole rings is 1. The predicted molar refractivity (Wildman–Crippen MR) is 83.9 cm³/mol. The smallest absolute Gasteiger partial charge is 0.323 e. The average Bonchev–Trinajstić information content (AvgIpc) is 2.84. The van der Waals surface area contributed by atoms with Crippen LogP contribution in [0, 0.1) is 0 Å². The summed E-state index contributed by atoms with van der Waals surface area (Å²) in [7, 11) is 0. The van der Waals surface area contributed by atoms with Gasteiger partial charge in [0.25, 0.3) is 0 Å². The van der Waals surface area contributed by atoms with E-state index in [2.05, 4.69) is 15.0 Å². The number of aromatic amines is 2. The van der Waals surface area contributed by atoms with Gasteiger partial charge in [-0.1, -0.05) is 12.1 Å². The van der Waals surface area contributed by atoms with Crippen molar-refractivity contribution in [3.63, 3.8) is 0 Å². The zero-order valence-corrected chi connectivity index (χ0v) is 11.8. The van der Waals surface area contributed by atoms with Crippen molar-refractivity contribution in [2.75, 3.05) is 0 Å². The van der Waals surface area contributed by atoms with Gasteiger partial charge in [0.1, 0.15) is 5.75 Å². The monoisotopic (exact) mass is 295 g/mol. The van der Waals surface area contributed by atoms with E-state index < -0.39 is 0 Å². The summed E-state index contributed by atoms with van der Waals surface area (Å²) in [5, 5.41) is 0. The van der Waals surface area contributed by atoms with E-state index in [9.17, 15) is 9.59 Å². The Kier molecular flexibility index (Phi) is 3.57. The molecular weight excluding hydrogens is 282 g/mol. The molecule has 1 heterocycles. The van der Waals surface area contributed by atoms with Crippen LogP contribution in [-0.4, -0.2) is 22.2 Å². The summed E-state index contributed by atoms with van der Waals surface area (Å²) in [4.78, 5) is 31.9. The third-order valence-electron chi connectivity index (χ3n) is 2.98. The van der Waals surface area contributed by atoms with Crippen LogP contribution in [0.2, 0.25) is 0 Å². The topological polar surface area (TPSA) is 87.3 Å². The zero-order valence-electron chi connectivity index (χ0n) is 11.8. The number of carbonyl (C=O) groups excluding carboxylic acids is 1. The molecule has 22 heavy (non-hydrogen) atoms. The van der Waals surface area contributed by atoms with E-state index in [1.54, 1.807) is 42.6 Å². The molecule has 1 aromatic heterocycles. The lowest BCUT2D eigenvalue weighted by Crippen LogP contribution is -2.01. The quantitative estimate of drug-likeness (QED) is 0.442. The van der Waals surface area contributed by atoms with E-state index in [0.717, 1.165) is 11.1 Å². The minimum absolute atomic E-state index is 0.245. The third-order valence-corrected chi connectivity index (χ3v) is 2.98. The maximum absolute atomic E-state index is 11.2. The number of nitrogens with zero attached hydrogens (tertiary/aromatic N) is 1. The van der Waals surface area contributed by atoms with E-state index >= 15 is 0 Å². The lowest BCUT2D eigenvalue weighted by Gasteiger charge is -2.01. The number of benzene rings is 2. The van der Waals surface area contributed by atoms with Crippen molar-refractivity contribution < 1.29 is 9.53 Å². The largest absolute Gasteiger partial charge is 0.427 e. The Labute approximate surface area is 125 Å². The molecule has 0 fully saturated rings. The van der Waals surface area contributed by atoms with Gasteiger partial charge in [0.05, 0.1) is 16.7 Å². The van der Waals surface area contributed by atoms with Gasteiger partial charge in [-0.3, -0.25) is 9.79 Å². The Hall–Kier alpha value is -3.15. The highest BCUT2D eigenvalue weighted by atomic mass is 16.5. The number of H-pyrrole nitrogens is 2. The number of carbonyl (C=O) groups is 1. The summed E-state index contributed by atoms with van der Waals surface area (Å²) < 4.78 is 5.02. The number of aromatic nitrogens is 2.